The standard InChI is InChI=1S/C25H26N4O2/c1-16-9-5-6-10-19(16)13-21-17(2)28-24-22(15-27-29(24)18(21)3)25(30)26-14-20-11-7-8-12-23(20)31-4/h5-12,15H,13-14H2,1-4H3,(H,26,30). The Kier molecular flexibility index (Phi) is 5.71. The van der Waals surface area contributed by atoms with Gasteiger partial charge < -0.3 is 10.1 Å². The topological polar surface area (TPSA) is 68.5 Å². The molecule has 0 aliphatic rings. The molecule has 4 rings (SSSR count). The van der Waals surface area contributed by atoms with Crippen LogP contribution in [0.15, 0.2) is 54.7 Å². The summed E-state index contributed by atoms with van der Waals surface area (Å²) < 4.78 is 7.12. The lowest BCUT2D eigenvalue weighted by molar-refractivity contribution is 0.0952. The third-order valence-electron chi connectivity index (χ3n) is 5.71. The summed E-state index contributed by atoms with van der Waals surface area (Å²) in [5.74, 6) is 0.534. The normalized spacial score (nSPS) is 11.0. The van der Waals surface area contributed by atoms with Gasteiger partial charge >= 0.3 is 0 Å². The minimum Gasteiger partial charge on any atom is -0.496 e. The van der Waals surface area contributed by atoms with Crippen LogP contribution in [0.5, 0.6) is 5.75 Å². The number of amides is 1. The molecule has 2 aromatic heterocycles. The molecule has 6 nitrogen and oxygen atoms in total. The smallest absolute Gasteiger partial charge is 0.257 e. The van der Waals surface area contributed by atoms with E-state index >= 15 is 0 Å². The average Bonchev–Trinajstić information content (AvgIpc) is 3.20. The summed E-state index contributed by atoms with van der Waals surface area (Å²) in [4.78, 5) is 17.6. The van der Waals surface area contributed by atoms with Gasteiger partial charge in [0.1, 0.15) is 11.3 Å². The molecule has 0 spiro atoms. The number of nitrogens with zero attached hydrogens (tertiary/aromatic N) is 3. The number of nitrogens with one attached hydrogen (secondary N) is 1. The van der Waals surface area contributed by atoms with E-state index in [1.807, 2.05) is 44.2 Å². The van der Waals surface area contributed by atoms with E-state index in [0.29, 0.717) is 17.8 Å². The van der Waals surface area contributed by atoms with Gasteiger partial charge in [-0.2, -0.15) is 5.10 Å². The van der Waals surface area contributed by atoms with E-state index in [2.05, 4.69) is 35.5 Å². The molecule has 0 saturated carbocycles. The summed E-state index contributed by atoms with van der Waals surface area (Å²) in [6, 6.07) is 16.0. The number of rotatable bonds is 6. The molecule has 0 fully saturated rings. The molecule has 0 unspecified atom stereocenters. The van der Waals surface area contributed by atoms with Gasteiger partial charge in [0, 0.05) is 29.9 Å². The van der Waals surface area contributed by atoms with Crippen molar-refractivity contribution in [3.8, 4) is 5.75 Å². The number of fused-ring (bicyclic) bond motifs is 1. The number of aromatic nitrogens is 3. The molecule has 4 aromatic rings. The average molecular weight is 415 g/mol. The van der Waals surface area contributed by atoms with E-state index < -0.39 is 0 Å². The SMILES string of the molecule is COc1ccccc1CNC(=O)c1cnn2c(C)c(Cc3ccccc3C)c(C)nc12. The Morgan fingerprint density at radius 2 is 1.74 bits per heavy atom. The van der Waals surface area contributed by atoms with Crippen LogP contribution in [-0.4, -0.2) is 27.6 Å². The quantitative estimate of drug-likeness (QED) is 0.514. The molecule has 2 heterocycles. The Morgan fingerprint density at radius 3 is 2.48 bits per heavy atom. The first-order chi connectivity index (χ1) is 15.0. The van der Waals surface area contributed by atoms with Gasteiger partial charge in [-0.05, 0) is 43.5 Å². The first kappa shape index (κ1) is 20.6. The largest absolute Gasteiger partial charge is 0.496 e. The molecule has 158 valence electrons. The first-order valence-corrected chi connectivity index (χ1v) is 10.3. The lowest BCUT2D eigenvalue weighted by Gasteiger charge is -2.13. The predicted octanol–water partition coefficient (Wildman–Crippen LogP) is 4.18. The van der Waals surface area contributed by atoms with Crippen molar-refractivity contribution in [3.63, 3.8) is 0 Å². The van der Waals surface area contributed by atoms with Crippen LogP contribution >= 0.6 is 0 Å². The van der Waals surface area contributed by atoms with Crippen LogP contribution in [0.25, 0.3) is 5.65 Å². The van der Waals surface area contributed by atoms with Crippen molar-refractivity contribution in [1.82, 2.24) is 19.9 Å². The number of para-hydroxylation sites is 1. The second-order valence-electron chi connectivity index (χ2n) is 7.65. The molecule has 0 bridgehead atoms. The Morgan fingerprint density at radius 1 is 1.03 bits per heavy atom. The summed E-state index contributed by atoms with van der Waals surface area (Å²) in [7, 11) is 1.62. The molecule has 0 atom stereocenters. The van der Waals surface area contributed by atoms with Gasteiger partial charge in [-0.1, -0.05) is 42.5 Å². The van der Waals surface area contributed by atoms with Gasteiger partial charge in [-0.3, -0.25) is 4.79 Å². The predicted molar refractivity (Wildman–Crippen MR) is 121 cm³/mol. The fourth-order valence-electron chi connectivity index (χ4n) is 3.85. The molecular formula is C25H26N4O2. The minimum absolute atomic E-state index is 0.209. The lowest BCUT2D eigenvalue weighted by Crippen LogP contribution is -2.23. The van der Waals surface area contributed by atoms with Crippen molar-refractivity contribution < 1.29 is 9.53 Å². The van der Waals surface area contributed by atoms with E-state index in [-0.39, 0.29) is 5.91 Å². The summed E-state index contributed by atoms with van der Waals surface area (Å²) in [5.41, 5.74) is 7.49. The number of hydrogen-bond acceptors (Lipinski definition) is 4. The maximum Gasteiger partial charge on any atom is 0.257 e. The van der Waals surface area contributed by atoms with Crippen molar-refractivity contribution >= 4 is 11.6 Å². The number of benzene rings is 2. The molecule has 1 amide bonds. The second kappa shape index (κ2) is 8.60. The Balaban J connectivity index is 1.62. The molecule has 0 saturated heterocycles. The van der Waals surface area contributed by atoms with Gasteiger partial charge in [-0.25, -0.2) is 9.50 Å². The molecule has 6 heteroatoms. The third kappa shape index (κ3) is 4.01. The zero-order valence-electron chi connectivity index (χ0n) is 18.3. The Labute approximate surface area is 181 Å². The zero-order valence-corrected chi connectivity index (χ0v) is 18.3. The zero-order chi connectivity index (χ0) is 22.0. The van der Waals surface area contributed by atoms with E-state index in [4.69, 9.17) is 9.72 Å². The Bertz CT molecular complexity index is 1260. The maximum absolute atomic E-state index is 12.9. The molecule has 0 aliphatic carbocycles. The van der Waals surface area contributed by atoms with E-state index in [0.717, 1.165) is 34.7 Å². The van der Waals surface area contributed by atoms with Crippen molar-refractivity contribution in [2.24, 2.45) is 0 Å². The fraction of sp³-hybridized carbons (Fsp3) is 0.240. The van der Waals surface area contributed by atoms with Gasteiger partial charge in [0.25, 0.3) is 5.91 Å². The molecule has 31 heavy (non-hydrogen) atoms. The van der Waals surface area contributed by atoms with Crippen LogP contribution in [0.2, 0.25) is 0 Å². The summed E-state index contributed by atoms with van der Waals surface area (Å²) in [5, 5.41) is 7.42. The second-order valence-corrected chi connectivity index (χ2v) is 7.65. The third-order valence-corrected chi connectivity index (χ3v) is 5.71. The number of ether oxygens (including phenoxy) is 1. The van der Waals surface area contributed by atoms with Gasteiger partial charge in [0.05, 0.1) is 13.3 Å². The highest BCUT2D eigenvalue weighted by Crippen LogP contribution is 2.22. The summed E-state index contributed by atoms with van der Waals surface area (Å²) in [6.07, 6.45) is 2.37. The van der Waals surface area contributed by atoms with Crippen molar-refractivity contribution in [2.45, 2.75) is 33.7 Å². The minimum atomic E-state index is -0.209. The number of methoxy groups -OCH3 is 1. The van der Waals surface area contributed by atoms with Crippen molar-refractivity contribution in [1.29, 1.82) is 0 Å². The van der Waals surface area contributed by atoms with Crippen molar-refractivity contribution in [2.75, 3.05) is 7.11 Å². The van der Waals surface area contributed by atoms with Crippen LogP contribution < -0.4 is 10.1 Å². The van der Waals surface area contributed by atoms with E-state index in [1.165, 1.54) is 11.1 Å². The van der Waals surface area contributed by atoms with Crippen LogP contribution in [0.3, 0.4) is 0 Å². The first-order valence-electron chi connectivity index (χ1n) is 10.3. The van der Waals surface area contributed by atoms with Crippen molar-refractivity contribution in [3.05, 3.63) is 93.9 Å². The van der Waals surface area contributed by atoms with Crippen LogP contribution in [-0.2, 0) is 13.0 Å². The van der Waals surface area contributed by atoms with Crippen LogP contribution in [0, 0.1) is 20.8 Å². The highest BCUT2D eigenvalue weighted by molar-refractivity contribution is 5.99. The lowest BCUT2D eigenvalue weighted by atomic mass is 9.99. The van der Waals surface area contributed by atoms with E-state index in [9.17, 15) is 4.79 Å². The van der Waals surface area contributed by atoms with Gasteiger partial charge in [-0.15, -0.1) is 0 Å². The fourth-order valence-corrected chi connectivity index (χ4v) is 3.85. The molecular weight excluding hydrogens is 388 g/mol. The number of hydrogen-bond donors (Lipinski definition) is 1. The summed E-state index contributed by atoms with van der Waals surface area (Å²) >= 11 is 0. The van der Waals surface area contributed by atoms with Gasteiger partial charge in [0.2, 0.25) is 0 Å². The molecule has 1 N–H and O–H groups in total. The highest BCUT2D eigenvalue weighted by atomic mass is 16.5. The van der Waals surface area contributed by atoms with Crippen LogP contribution in [0.4, 0.5) is 0 Å². The molecule has 0 aliphatic heterocycles. The molecule has 0 radical (unpaired) electrons. The maximum atomic E-state index is 12.9. The van der Waals surface area contributed by atoms with E-state index in [1.54, 1.807) is 17.8 Å². The van der Waals surface area contributed by atoms with Gasteiger partial charge in [0.15, 0.2) is 5.65 Å². The van der Waals surface area contributed by atoms with Crippen LogP contribution in [0.1, 0.15) is 44.0 Å². The number of aryl methyl sites for hydroxylation is 3. The number of carbonyl (C=O) groups is 1. The number of carbonyl (C=O) groups excluding carboxylic acids is 1. The molecule has 2 aromatic carbocycles. The summed E-state index contributed by atoms with van der Waals surface area (Å²) in [6.45, 7) is 6.50. The monoisotopic (exact) mass is 414 g/mol. The Hall–Kier alpha value is -3.67. The highest BCUT2D eigenvalue weighted by Gasteiger charge is 2.19.